The molecule has 2 bridgehead atoms. The number of nitrogens with zero attached hydrogens (tertiary/aromatic N) is 1. The molecule has 0 amide bonds. The third-order valence-electron chi connectivity index (χ3n) is 5.12. The van der Waals surface area contributed by atoms with Gasteiger partial charge in [-0.1, -0.05) is 12.2 Å². The number of rotatable bonds is 4. The van der Waals surface area contributed by atoms with Gasteiger partial charge in [-0.05, 0) is 63.5 Å². The van der Waals surface area contributed by atoms with Crippen LogP contribution in [-0.4, -0.2) is 37.1 Å². The van der Waals surface area contributed by atoms with Crippen molar-refractivity contribution in [3.05, 3.63) is 12.2 Å². The zero-order valence-corrected chi connectivity index (χ0v) is 11.9. The van der Waals surface area contributed by atoms with Crippen molar-refractivity contribution >= 4 is 5.97 Å². The Morgan fingerprint density at radius 1 is 1.26 bits per heavy atom. The summed E-state index contributed by atoms with van der Waals surface area (Å²) in [7, 11) is 0. The highest BCUT2D eigenvalue weighted by molar-refractivity contribution is 5.72. The smallest absolute Gasteiger partial charge is 0.309 e. The molecule has 1 aliphatic heterocycles. The number of ether oxygens (including phenoxy) is 1. The predicted octanol–water partition coefficient (Wildman–Crippen LogP) is 2.47. The standard InChI is InChI=1S/C16H25NO2/c1-2-19-16(18)13-5-7-17(8-6-13)11-15-10-12-3-4-14(15)9-12/h3-4,12-15H,2,5-11H2,1H3. The number of esters is 1. The van der Waals surface area contributed by atoms with Gasteiger partial charge in [0.05, 0.1) is 12.5 Å². The number of carbonyl (C=O) groups excluding carboxylic acids is 1. The van der Waals surface area contributed by atoms with E-state index in [9.17, 15) is 4.79 Å². The minimum absolute atomic E-state index is 0.0185. The second-order valence-corrected chi connectivity index (χ2v) is 6.37. The second kappa shape index (κ2) is 5.66. The van der Waals surface area contributed by atoms with E-state index in [0.717, 1.165) is 43.7 Å². The summed E-state index contributed by atoms with van der Waals surface area (Å²) in [4.78, 5) is 14.3. The molecule has 1 heterocycles. The van der Waals surface area contributed by atoms with Crippen LogP contribution in [0.5, 0.6) is 0 Å². The summed E-state index contributed by atoms with van der Waals surface area (Å²) in [5.74, 6) is 2.75. The summed E-state index contributed by atoms with van der Waals surface area (Å²) in [6.45, 7) is 5.77. The first-order valence-electron chi connectivity index (χ1n) is 7.83. The molecule has 2 aliphatic carbocycles. The summed E-state index contributed by atoms with van der Waals surface area (Å²) in [6, 6.07) is 0. The normalized spacial score (nSPS) is 34.9. The lowest BCUT2D eigenvalue weighted by atomic mass is 9.91. The Hall–Kier alpha value is -0.830. The summed E-state index contributed by atoms with van der Waals surface area (Å²) < 4.78 is 5.12. The van der Waals surface area contributed by atoms with E-state index in [0.29, 0.717) is 6.61 Å². The third kappa shape index (κ3) is 2.86. The average molecular weight is 263 g/mol. The van der Waals surface area contributed by atoms with Crippen molar-refractivity contribution in [2.45, 2.75) is 32.6 Å². The highest BCUT2D eigenvalue weighted by Crippen LogP contribution is 2.43. The molecule has 0 spiro atoms. The molecule has 3 unspecified atom stereocenters. The lowest BCUT2D eigenvalue weighted by Gasteiger charge is -2.34. The summed E-state index contributed by atoms with van der Waals surface area (Å²) in [5, 5.41) is 0. The van der Waals surface area contributed by atoms with E-state index < -0.39 is 0 Å². The number of likely N-dealkylation sites (tertiary alicyclic amines) is 1. The van der Waals surface area contributed by atoms with Crippen molar-refractivity contribution in [3.8, 4) is 0 Å². The van der Waals surface area contributed by atoms with Gasteiger partial charge < -0.3 is 9.64 Å². The fraction of sp³-hybridized carbons (Fsp3) is 0.812. The minimum atomic E-state index is 0.0185. The lowest BCUT2D eigenvalue weighted by Crippen LogP contribution is -2.40. The molecule has 3 nitrogen and oxygen atoms in total. The number of hydrogen-bond donors (Lipinski definition) is 0. The van der Waals surface area contributed by atoms with Gasteiger partial charge in [0.25, 0.3) is 0 Å². The van der Waals surface area contributed by atoms with Crippen LogP contribution in [0, 0.1) is 23.7 Å². The Balaban J connectivity index is 1.43. The summed E-state index contributed by atoms with van der Waals surface area (Å²) >= 11 is 0. The Labute approximate surface area is 116 Å². The highest BCUT2D eigenvalue weighted by Gasteiger charge is 2.37. The molecular weight excluding hydrogens is 238 g/mol. The van der Waals surface area contributed by atoms with Gasteiger partial charge in [0.2, 0.25) is 0 Å². The molecule has 0 N–H and O–H groups in total. The Morgan fingerprint density at radius 3 is 2.63 bits per heavy atom. The number of fused-ring (bicyclic) bond motifs is 2. The van der Waals surface area contributed by atoms with Gasteiger partial charge in [0.1, 0.15) is 0 Å². The van der Waals surface area contributed by atoms with Crippen molar-refractivity contribution in [1.29, 1.82) is 0 Å². The molecule has 3 heteroatoms. The molecule has 0 radical (unpaired) electrons. The van der Waals surface area contributed by atoms with E-state index in [1.165, 1.54) is 19.4 Å². The number of carbonyl (C=O) groups is 1. The van der Waals surface area contributed by atoms with Crippen LogP contribution in [0.3, 0.4) is 0 Å². The van der Waals surface area contributed by atoms with Crippen molar-refractivity contribution in [3.63, 3.8) is 0 Å². The number of allylic oxidation sites excluding steroid dienone is 2. The lowest BCUT2D eigenvalue weighted by molar-refractivity contribution is -0.149. The van der Waals surface area contributed by atoms with Gasteiger partial charge in [-0.15, -0.1) is 0 Å². The maximum atomic E-state index is 11.7. The topological polar surface area (TPSA) is 29.5 Å². The third-order valence-corrected chi connectivity index (χ3v) is 5.12. The average Bonchev–Trinajstić information content (AvgIpc) is 3.02. The molecule has 1 saturated heterocycles. The molecule has 1 saturated carbocycles. The van der Waals surface area contributed by atoms with Crippen LogP contribution < -0.4 is 0 Å². The molecule has 106 valence electrons. The van der Waals surface area contributed by atoms with Gasteiger partial charge in [0.15, 0.2) is 0 Å². The van der Waals surface area contributed by atoms with Crippen LogP contribution in [0.4, 0.5) is 0 Å². The Morgan fingerprint density at radius 2 is 2.05 bits per heavy atom. The van der Waals surface area contributed by atoms with E-state index in [4.69, 9.17) is 4.74 Å². The van der Waals surface area contributed by atoms with Gasteiger partial charge in [0, 0.05) is 6.54 Å². The van der Waals surface area contributed by atoms with Crippen LogP contribution in [-0.2, 0) is 9.53 Å². The molecule has 3 atom stereocenters. The monoisotopic (exact) mass is 263 g/mol. The molecular formula is C16H25NO2. The maximum Gasteiger partial charge on any atom is 0.309 e. The van der Waals surface area contributed by atoms with Crippen LogP contribution in [0.15, 0.2) is 12.2 Å². The summed E-state index contributed by atoms with van der Waals surface area (Å²) in [5.41, 5.74) is 0. The molecule has 0 aromatic rings. The van der Waals surface area contributed by atoms with E-state index in [1.54, 1.807) is 0 Å². The van der Waals surface area contributed by atoms with Crippen LogP contribution in [0.2, 0.25) is 0 Å². The Bertz CT molecular complexity index is 358. The van der Waals surface area contributed by atoms with E-state index in [1.807, 2.05) is 6.92 Å². The first kappa shape index (κ1) is 13.2. The van der Waals surface area contributed by atoms with Crippen molar-refractivity contribution < 1.29 is 9.53 Å². The quantitative estimate of drug-likeness (QED) is 0.576. The zero-order chi connectivity index (χ0) is 13.2. The van der Waals surface area contributed by atoms with Gasteiger partial charge in [-0.2, -0.15) is 0 Å². The number of piperidine rings is 1. The van der Waals surface area contributed by atoms with E-state index in [2.05, 4.69) is 17.1 Å². The molecule has 2 fully saturated rings. The zero-order valence-electron chi connectivity index (χ0n) is 11.9. The highest BCUT2D eigenvalue weighted by atomic mass is 16.5. The molecule has 19 heavy (non-hydrogen) atoms. The van der Waals surface area contributed by atoms with Crippen molar-refractivity contribution in [2.24, 2.45) is 23.7 Å². The Kier molecular flexibility index (Phi) is 3.92. The predicted molar refractivity (Wildman–Crippen MR) is 74.6 cm³/mol. The van der Waals surface area contributed by atoms with Crippen molar-refractivity contribution in [2.75, 3.05) is 26.2 Å². The maximum absolute atomic E-state index is 11.7. The number of hydrogen-bond acceptors (Lipinski definition) is 3. The molecule has 0 aromatic carbocycles. The largest absolute Gasteiger partial charge is 0.466 e. The molecule has 3 rings (SSSR count). The van der Waals surface area contributed by atoms with Gasteiger partial charge in [-0.3, -0.25) is 4.79 Å². The van der Waals surface area contributed by atoms with Crippen molar-refractivity contribution in [1.82, 2.24) is 4.90 Å². The summed E-state index contributed by atoms with van der Waals surface area (Å²) in [6.07, 6.45) is 9.59. The van der Waals surface area contributed by atoms with E-state index >= 15 is 0 Å². The van der Waals surface area contributed by atoms with Crippen LogP contribution >= 0.6 is 0 Å². The fourth-order valence-corrected chi connectivity index (χ4v) is 4.05. The fourth-order valence-electron chi connectivity index (χ4n) is 4.05. The van der Waals surface area contributed by atoms with Gasteiger partial charge in [-0.25, -0.2) is 0 Å². The first-order valence-corrected chi connectivity index (χ1v) is 7.83. The first-order chi connectivity index (χ1) is 9.26. The van der Waals surface area contributed by atoms with Crippen LogP contribution in [0.1, 0.15) is 32.6 Å². The van der Waals surface area contributed by atoms with Crippen LogP contribution in [0.25, 0.3) is 0 Å². The van der Waals surface area contributed by atoms with Gasteiger partial charge >= 0.3 is 5.97 Å². The second-order valence-electron chi connectivity index (χ2n) is 6.37. The minimum Gasteiger partial charge on any atom is -0.466 e. The molecule has 3 aliphatic rings. The SMILES string of the molecule is CCOC(=O)C1CCN(CC2CC3C=CC2C3)CC1. The molecule has 0 aromatic heterocycles. The van der Waals surface area contributed by atoms with E-state index in [-0.39, 0.29) is 11.9 Å².